The van der Waals surface area contributed by atoms with Gasteiger partial charge in [0.2, 0.25) is 0 Å². The van der Waals surface area contributed by atoms with E-state index in [1.807, 2.05) is 11.8 Å². The van der Waals surface area contributed by atoms with E-state index >= 15 is 0 Å². The molecule has 0 unspecified atom stereocenters. The van der Waals surface area contributed by atoms with Gasteiger partial charge < -0.3 is 4.90 Å². The smallest absolute Gasteiger partial charge is 0.261 e. The number of piperidine rings is 1. The average Bonchev–Trinajstić information content (AvgIpc) is 2.61. The van der Waals surface area contributed by atoms with Crippen molar-refractivity contribution in [3.8, 4) is 0 Å². The Morgan fingerprint density at radius 1 is 1.15 bits per heavy atom. The molecule has 1 amide bonds. The van der Waals surface area contributed by atoms with Crippen molar-refractivity contribution in [2.75, 3.05) is 17.8 Å². The minimum Gasteiger partial charge on any atom is -0.338 e. The lowest BCUT2D eigenvalue weighted by Gasteiger charge is -2.31. The third kappa shape index (κ3) is 4.25. The maximum Gasteiger partial charge on any atom is 0.261 e. The number of hydrogen-bond donors (Lipinski definition) is 1. The Bertz CT molecular complexity index is 892. The first-order chi connectivity index (χ1) is 12.3. The monoisotopic (exact) mass is 372 g/mol. The van der Waals surface area contributed by atoms with Crippen LogP contribution in [0, 0.1) is 12.8 Å². The van der Waals surface area contributed by atoms with Crippen LogP contribution in [0.15, 0.2) is 53.4 Å². The lowest BCUT2D eigenvalue weighted by Crippen LogP contribution is -2.39. The molecule has 0 bridgehead atoms. The van der Waals surface area contributed by atoms with Crippen molar-refractivity contribution in [3.63, 3.8) is 0 Å². The second-order valence-corrected chi connectivity index (χ2v) is 8.68. The van der Waals surface area contributed by atoms with Crippen LogP contribution in [0.2, 0.25) is 0 Å². The number of likely N-dealkylation sites (tertiary alicyclic amines) is 1. The van der Waals surface area contributed by atoms with Gasteiger partial charge in [-0.2, -0.15) is 0 Å². The number of amides is 1. The number of aryl methyl sites for hydroxylation is 1. The van der Waals surface area contributed by atoms with Gasteiger partial charge in [0, 0.05) is 24.3 Å². The van der Waals surface area contributed by atoms with Crippen LogP contribution in [0.25, 0.3) is 0 Å². The van der Waals surface area contributed by atoms with Gasteiger partial charge in [0.25, 0.3) is 15.9 Å². The molecule has 5 nitrogen and oxygen atoms in total. The van der Waals surface area contributed by atoms with Crippen LogP contribution in [0.4, 0.5) is 5.69 Å². The van der Waals surface area contributed by atoms with Crippen LogP contribution in [-0.4, -0.2) is 32.3 Å². The second kappa shape index (κ2) is 7.50. The number of benzene rings is 2. The fourth-order valence-electron chi connectivity index (χ4n) is 3.20. The fourth-order valence-corrected chi connectivity index (χ4v) is 4.25. The third-order valence-electron chi connectivity index (χ3n) is 4.64. The molecular weight excluding hydrogens is 348 g/mol. The normalized spacial score (nSPS) is 17.8. The summed E-state index contributed by atoms with van der Waals surface area (Å²) in [6.07, 6.45) is 2.15. The minimum absolute atomic E-state index is 0.0482. The zero-order valence-electron chi connectivity index (χ0n) is 15.1. The number of nitrogens with zero attached hydrogens (tertiary/aromatic N) is 1. The first-order valence-electron chi connectivity index (χ1n) is 8.84. The molecule has 6 heteroatoms. The summed E-state index contributed by atoms with van der Waals surface area (Å²) in [4.78, 5) is 14.8. The molecule has 1 atom stereocenters. The summed E-state index contributed by atoms with van der Waals surface area (Å²) in [6, 6.07) is 13.3. The number of rotatable bonds is 4. The van der Waals surface area contributed by atoms with Crippen LogP contribution in [0.1, 0.15) is 35.7 Å². The van der Waals surface area contributed by atoms with Crippen molar-refractivity contribution >= 4 is 21.6 Å². The Kier molecular flexibility index (Phi) is 5.32. The Labute approximate surface area is 155 Å². The van der Waals surface area contributed by atoms with Gasteiger partial charge in [-0.25, -0.2) is 8.42 Å². The predicted molar refractivity (Wildman–Crippen MR) is 103 cm³/mol. The van der Waals surface area contributed by atoms with E-state index in [1.54, 1.807) is 48.5 Å². The highest BCUT2D eigenvalue weighted by Gasteiger charge is 2.22. The van der Waals surface area contributed by atoms with Gasteiger partial charge in [0.05, 0.1) is 4.90 Å². The molecule has 0 aliphatic carbocycles. The molecule has 1 fully saturated rings. The van der Waals surface area contributed by atoms with E-state index in [9.17, 15) is 13.2 Å². The number of sulfonamides is 1. The first-order valence-corrected chi connectivity index (χ1v) is 10.3. The molecule has 0 aromatic heterocycles. The molecule has 1 aliphatic rings. The molecular formula is C20H24N2O3S. The van der Waals surface area contributed by atoms with Gasteiger partial charge in [-0.05, 0) is 56.0 Å². The summed E-state index contributed by atoms with van der Waals surface area (Å²) in [5.74, 6) is 0.448. The number of carbonyl (C=O) groups is 1. The number of hydrogen-bond acceptors (Lipinski definition) is 3. The summed E-state index contributed by atoms with van der Waals surface area (Å²) in [5, 5.41) is 0. The van der Waals surface area contributed by atoms with E-state index < -0.39 is 10.0 Å². The van der Waals surface area contributed by atoms with E-state index in [2.05, 4.69) is 11.6 Å². The van der Waals surface area contributed by atoms with E-state index in [-0.39, 0.29) is 10.8 Å². The van der Waals surface area contributed by atoms with E-state index in [1.165, 1.54) is 0 Å². The van der Waals surface area contributed by atoms with Crippen molar-refractivity contribution in [2.45, 2.75) is 31.6 Å². The second-order valence-electron chi connectivity index (χ2n) is 7.00. The van der Waals surface area contributed by atoms with Crippen molar-refractivity contribution in [1.82, 2.24) is 4.90 Å². The Balaban J connectivity index is 1.78. The van der Waals surface area contributed by atoms with Crippen LogP contribution in [-0.2, 0) is 10.0 Å². The van der Waals surface area contributed by atoms with Gasteiger partial charge in [-0.3, -0.25) is 9.52 Å². The largest absolute Gasteiger partial charge is 0.338 e. The van der Waals surface area contributed by atoms with E-state index in [0.29, 0.717) is 17.2 Å². The molecule has 138 valence electrons. The van der Waals surface area contributed by atoms with Gasteiger partial charge in [0.1, 0.15) is 0 Å². The fraction of sp³-hybridized carbons (Fsp3) is 0.350. The zero-order valence-corrected chi connectivity index (χ0v) is 15.9. The molecule has 1 aliphatic heterocycles. The molecule has 1 saturated heterocycles. The van der Waals surface area contributed by atoms with Crippen LogP contribution >= 0.6 is 0 Å². The van der Waals surface area contributed by atoms with Crippen LogP contribution in [0.3, 0.4) is 0 Å². The zero-order chi connectivity index (χ0) is 18.7. The highest BCUT2D eigenvalue weighted by Crippen LogP contribution is 2.21. The Morgan fingerprint density at radius 2 is 1.88 bits per heavy atom. The summed E-state index contributed by atoms with van der Waals surface area (Å²) in [7, 11) is -3.68. The number of carbonyl (C=O) groups excluding carboxylic acids is 1. The summed E-state index contributed by atoms with van der Waals surface area (Å²) in [6.45, 7) is 5.55. The molecule has 26 heavy (non-hydrogen) atoms. The summed E-state index contributed by atoms with van der Waals surface area (Å²) >= 11 is 0. The van der Waals surface area contributed by atoms with E-state index in [4.69, 9.17) is 0 Å². The maximum atomic E-state index is 12.7. The molecule has 3 rings (SSSR count). The van der Waals surface area contributed by atoms with Gasteiger partial charge in [-0.1, -0.05) is 30.7 Å². The molecule has 0 radical (unpaired) electrons. The average molecular weight is 372 g/mol. The summed E-state index contributed by atoms with van der Waals surface area (Å²) < 4.78 is 27.6. The van der Waals surface area contributed by atoms with Crippen molar-refractivity contribution in [1.29, 1.82) is 0 Å². The van der Waals surface area contributed by atoms with Crippen molar-refractivity contribution in [3.05, 3.63) is 59.7 Å². The van der Waals surface area contributed by atoms with Crippen molar-refractivity contribution in [2.24, 2.45) is 5.92 Å². The summed E-state index contributed by atoms with van der Waals surface area (Å²) in [5.41, 5.74) is 1.89. The first kappa shape index (κ1) is 18.5. The Hall–Kier alpha value is -2.34. The number of anilines is 1. The number of nitrogens with one attached hydrogen (secondary N) is 1. The Morgan fingerprint density at radius 3 is 2.58 bits per heavy atom. The highest BCUT2D eigenvalue weighted by molar-refractivity contribution is 7.92. The van der Waals surface area contributed by atoms with Crippen LogP contribution in [0.5, 0.6) is 0 Å². The van der Waals surface area contributed by atoms with Gasteiger partial charge >= 0.3 is 0 Å². The quantitative estimate of drug-likeness (QED) is 0.890. The third-order valence-corrected chi connectivity index (χ3v) is 6.03. The minimum atomic E-state index is -3.68. The van der Waals surface area contributed by atoms with Crippen LogP contribution < -0.4 is 4.72 Å². The molecule has 0 saturated carbocycles. The lowest BCUT2D eigenvalue weighted by atomic mass is 9.99. The van der Waals surface area contributed by atoms with Gasteiger partial charge in [0.15, 0.2) is 0 Å². The molecule has 1 N–H and O–H groups in total. The maximum absolute atomic E-state index is 12.7. The van der Waals surface area contributed by atoms with Gasteiger partial charge in [-0.15, -0.1) is 0 Å². The molecule has 2 aromatic carbocycles. The molecule has 0 spiro atoms. The molecule has 1 heterocycles. The highest BCUT2D eigenvalue weighted by atomic mass is 32.2. The predicted octanol–water partition coefficient (Wildman–Crippen LogP) is 3.67. The van der Waals surface area contributed by atoms with Crippen molar-refractivity contribution < 1.29 is 13.2 Å². The topological polar surface area (TPSA) is 66.5 Å². The SMILES string of the molecule is Cc1ccc(S(=O)(=O)Nc2cccc(C(=O)N3CCC[C@@H](C)C3)c2)cc1. The van der Waals surface area contributed by atoms with E-state index in [0.717, 1.165) is 31.5 Å². The lowest BCUT2D eigenvalue weighted by molar-refractivity contribution is 0.0683. The molecule has 2 aromatic rings. The standard InChI is InChI=1S/C20H24N2O3S/c1-15-8-10-19(11-9-15)26(24,25)21-18-7-3-6-17(13-18)20(23)22-12-4-5-16(2)14-22/h3,6-11,13,16,21H,4-5,12,14H2,1-2H3/t16-/m1/s1.